The van der Waals surface area contributed by atoms with Crippen molar-refractivity contribution >= 4 is 11.4 Å². The summed E-state index contributed by atoms with van der Waals surface area (Å²) < 4.78 is 12.4. The Morgan fingerprint density at radius 3 is 2.55 bits per heavy atom. The number of aliphatic imine (C=N–C) groups is 1. The molecule has 3 heteroatoms. The lowest BCUT2D eigenvalue weighted by atomic mass is 9.88. The van der Waals surface area contributed by atoms with Crippen LogP contribution in [0.3, 0.4) is 0 Å². The van der Waals surface area contributed by atoms with E-state index in [1.165, 1.54) is 5.57 Å². The molecule has 2 aromatic rings. The summed E-state index contributed by atoms with van der Waals surface area (Å²) in [5.74, 6) is 5.33. The zero-order chi connectivity index (χ0) is 30.6. The third kappa shape index (κ3) is 8.60. The maximum Gasteiger partial charge on any atom is 0.121 e. The predicted octanol–water partition coefficient (Wildman–Crippen LogP) is 10.4. The lowest BCUT2D eigenvalue weighted by Crippen LogP contribution is -2.15. The molecule has 222 valence electrons. The number of hydrogen-bond acceptors (Lipinski definition) is 3. The van der Waals surface area contributed by atoms with Gasteiger partial charge in [-0.2, -0.15) is 0 Å². The van der Waals surface area contributed by atoms with Crippen LogP contribution in [-0.4, -0.2) is 12.0 Å². The second kappa shape index (κ2) is 15.6. The highest BCUT2D eigenvalue weighted by Gasteiger charge is 2.17. The molecule has 0 saturated carbocycles. The van der Waals surface area contributed by atoms with E-state index in [0.717, 1.165) is 70.7 Å². The van der Waals surface area contributed by atoms with Gasteiger partial charge in [-0.25, -0.2) is 4.99 Å². The number of nitrogens with zero attached hydrogens (tertiary/aromatic N) is 1. The molecule has 0 bridgehead atoms. The Labute approximate surface area is 262 Å². The van der Waals surface area contributed by atoms with Gasteiger partial charge in [0.1, 0.15) is 24.2 Å². The van der Waals surface area contributed by atoms with E-state index in [-0.39, 0.29) is 12.0 Å². The molecule has 44 heavy (non-hydrogen) atoms. The Hall–Kier alpha value is -4.85. The van der Waals surface area contributed by atoms with Gasteiger partial charge in [0.05, 0.1) is 5.70 Å². The topological polar surface area (TPSA) is 30.8 Å². The van der Waals surface area contributed by atoms with E-state index in [1.54, 1.807) is 0 Å². The molecule has 0 saturated heterocycles. The number of rotatable bonds is 11. The van der Waals surface area contributed by atoms with Crippen LogP contribution in [0.4, 0.5) is 0 Å². The van der Waals surface area contributed by atoms with Crippen molar-refractivity contribution in [1.82, 2.24) is 0 Å². The van der Waals surface area contributed by atoms with Crippen molar-refractivity contribution in [2.24, 2.45) is 10.9 Å². The smallest absolute Gasteiger partial charge is 0.121 e. The minimum atomic E-state index is 0.00931. The molecule has 3 aliphatic carbocycles. The van der Waals surface area contributed by atoms with Gasteiger partial charge in [-0.3, -0.25) is 0 Å². The van der Waals surface area contributed by atoms with Gasteiger partial charge in [-0.15, -0.1) is 0 Å². The summed E-state index contributed by atoms with van der Waals surface area (Å²) in [7, 11) is 0. The van der Waals surface area contributed by atoms with Crippen LogP contribution in [0.25, 0.3) is 5.57 Å². The standard InChI is InChI=1S/C41H41NO2/c1-4-5-12-31(2)32(3)34-19-27-40(28-20-34)44-39-23-17-33(18-24-39)30-43-38-25-21-36(22-26-38)41(35-13-8-6-9-14-35)29-42-37-15-10-7-11-16-37/h4-10,12-15,17-21,23-27,36,40H,3,11,16,22,28,30H2,1-2H3/b5-4-,31-12+. The van der Waals surface area contributed by atoms with E-state index >= 15 is 0 Å². The molecule has 0 aromatic heterocycles. The summed E-state index contributed by atoms with van der Waals surface area (Å²) in [5, 5.41) is 0. The normalized spacial score (nSPS) is 19.5. The third-order valence-corrected chi connectivity index (χ3v) is 7.87. The fourth-order valence-electron chi connectivity index (χ4n) is 5.20. The third-order valence-electron chi connectivity index (χ3n) is 7.87. The van der Waals surface area contributed by atoms with E-state index < -0.39 is 0 Å². The van der Waals surface area contributed by atoms with E-state index in [1.807, 2.05) is 37.3 Å². The first-order chi connectivity index (χ1) is 21.6. The molecule has 0 radical (unpaired) electrons. The zero-order valence-corrected chi connectivity index (χ0v) is 25.8. The fourth-order valence-corrected chi connectivity index (χ4v) is 5.20. The Morgan fingerprint density at radius 2 is 1.86 bits per heavy atom. The molecule has 2 unspecified atom stereocenters. The number of hydrogen-bond donors (Lipinski definition) is 0. The van der Waals surface area contributed by atoms with E-state index in [2.05, 4.69) is 117 Å². The predicted molar refractivity (Wildman–Crippen MR) is 184 cm³/mol. The zero-order valence-electron chi connectivity index (χ0n) is 25.8. The Morgan fingerprint density at radius 1 is 1.02 bits per heavy atom. The van der Waals surface area contributed by atoms with Gasteiger partial charge in [0.15, 0.2) is 0 Å². The summed E-state index contributed by atoms with van der Waals surface area (Å²) in [6, 6.07) is 18.6. The monoisotopic (exact) mass is 579 g/mol. The van der Waals surface area contributed by atoms with Crippen LogP contribution < -0.4 is 4.74 Å². The van der Waals surface area contributed by atoms with E-state index in [4.69, 9.17) is 14.5 Å². The maximum absolute atomic E-state index is 6.21. The van der Waals surface area contributed by atoms with Crippen LogP contribution in [0.5, 0.6) is 5.75 Å². The van der Waals surface area contributed by atoms with Gasteiger partial charge >= 0.3 is 0 Å². The van der Waals surface area contributed by atoms with Crippen LogP contribution in [0.15, 0.2) is 167 Å². The largest absolute Gasteiger partial charge is 0.489 e. The second-order valence-corrected chi connectivity index (χ2v) is 11.1. The van der Waals surface area contributed by atoms with Crippen LogP contribution in [0, 0.1) is 5.92 Å². The summed E-state index contributed by atoms with van der Waals surface area (Å²) >= 11 is 0. The average Bonchev–Trinajstić information content (AvgIpc) is 3.08. The molecular formula is C41H41NO2. The van der Waals surface area contributed by atoms with Crippen molar-refractivity contribution in [2.75, 3.05) is 0 Å². The number of allylic oxidation sites excluding steroid dienone is 15. The quantitative estimate of drug-likeness (QED) is 0.196. The molecule has 2 atom stereocenters. The molecule has 0 fully saturated rings. The molecule has 5 rings (SSSR count). The molecule has 0 aliphatic heterocycles. The molecule has 3 aliphatic rings. The lowest BCUT2D eigenvalue weighted by Gasteiger charge is -2.20. The van der Waals surface area contributed by atoms with Gasteiger partial charge in [-0.1, -0.05) is 97.7 Å². The minimum absolute atomic E-state index is 0.00931. The van der Waals surface area contributed by atoms with Gasteiger partial charge < -0.3 is 9.47 Å². The lowest BCUT2D eigenvalue weighted by molar-refractivity contribution is 0.208. The summed E-state index contributed by atoms with van der Waals surface area (Å²) in [4.78, 5) is 4.71. The van der Waals surface area contributed by atoms with Gasteiger partial charge in [0, 0.05) is 17.9 Å². The Balaban J connectivity index is 1.13. The van der Waals surface area contributed by atoms with Crippen molar-refractivity contribution in [3.05, 3.63) is 173 Å². The molecule has 0 heterocycles. The van der Waals surface area contributed by atoms with Crippen LogP contribution in [0.1, 0.15) is 50.7 Å². The highest BCUT2D eigenvalue weighted by Crippen LogP contribution is 2.30. The van der Waals surface area contributed by atoms with Crippen molar-refractivity contribution in [3.8, 4) is 5.75 Å². The fraction of sp³-hybridized carbons (Fsp3) is 0.220. The van der Waals surface area contributed by atoms with Gasteiger partial charge in [-0.05, 0) is 103 Å². The number of ether oxygens (including phenoxy) is 2. The maximum atomic E-state index is 6.21. The van der Waals surface area contributed by atoms with Crippen molar-refractivity contribution in [2.45, 2.75) is 52.2 Å². The second-order valence-electron chi connectivity index (χ2n) is 11.1. The van der Waals surface area contributed by atoms with E-state index in [0.29, 0.717) is 6.61 Å². The molecule has 0 spiro atoms. The molecular weight excluding hydrogens is 538 g/mol. The highest BCUT2D eigenvalue weighted by atomic mass is 16.5. The van der Waals surface area contributed by atoms with Crippen LogP contribution in [0.2, 0.25) is 0 Å². The average molecular weight is 580 g/mol. The molecule has 2 aromatic carbocycles. The summed E-state index contributed by atoms with van der Waals surface area (Å²) in [6.45, 7) is 8.86. The van der Waals surface area contributed by atoms with Gasteiger partial charge in [0.2, 0.25) is 0 Å². The SMILES string of the molecule is C=C(C1=CCC(Oc2ccc(COC3=CCC(C(=C=NC4=CC=CCC4)c4ccccc4)C=C3)cc2)C=C1)/C(C)=C/C=C\C. The number of benzene rings is 2. The van der Waals surface area contributed by atoms with Crippen molar-refractivity contribution in [1.29, 1.82) is 0 Å². The Kier molecular flexibility index (Phi) is 10.8. The van der Waals surface area contributed by atoms with Crippen molar-refractivity contribution in [3.63, 3.8) is 0 Å². The minimum Gasteiger partial charge on any atom is -0.489 e. The van der Waals surface area contributed by atoms with Crippen LogP contribution in [-0.2, 0) is 11.3 Å². The summed E-state index contributed by atoms with van der Waals surface area (Å²) in [6.07, 6.45) is 29.0. The Bertz CT molecular complexity index is 1630. The first kappa shape index (κ1) is 30.6. The summed E-state index contributed by atoms with van der Waals surface area (Å²) in [5.41, 5.74) is 7.79. The van der Waals surface area contributed by atoms with Crippen LogP contribution >= 0.6 is 0 Å². The first-order valence-electron chi connectivity index (χ1n) is 15.5. The molecule has 0 amide bonds. The van der Waals surface area contributed by atoms with E-state index in [9.17, 15) is 0 Å². The molecule has 3 nitrogen and oxygen atoms in total. The van der Waals surface area contributed by atoms with Gasteiger partial charge in [0.25, 0.3) is 0 Å². The van der Waals surface area contributed by atoms with Crippen molar-refractivity contribution < 1.29 is 9.47 Å². The molecule has 0 N–H and O–H groups in total. The first-order valence-corrected chi connectivity index (χ1v) is 15.5. The highest BCUT2D eigenvalue weighted by molar-refractivity contribution is 5.92.